The van der Waals surface area contributed by atoms with Gasteiger partial charge in [-0.05, 0) is 48.0 Å². The maximum Gasteiger partial charge on any atom is 0.228 e. The minimum Gasteiger partial charge on any atom is -0.497 e. The Labute approximate surface area is 190 Å². The Hall–Kier alpha value is -4.39. The van der Waals surface area contributed by atoms with Crippen LogP contribution in [0.4, 0.5) is 5.69 Å². The van der Waals surface area contributed by atoms with Crippen LogP contribution in [0.1, 0.15) is 21.5 Å². The Morgan fingerprint density at radius 2 is 1.58 bits per heavy atom. The molecule has 1 amide bonds. The zero-order chi connectivity index (χ0) is 22.9. The topological polar surface area (TPSA) is 93.3 Å². The molecule has 0 aliphatic heterocycles. The third kappa shape index (κ3) is 3.63. The van der Waals surface area contributed by atoms with Gasteiger partial charge in [-0.25, -0.2) is 0 Å². The summed E-state index contributed by atoms with van der Waals surface area (Å²) in [7, 11) is 3.20. The Morgan fingerprint density at radius 1 is 0.909 bits per heavy atom. The van der Waals surface area contributed by atoms with Crippen LogP contribution in [0.15, 0.2) is 66.7 Å². The molecular weight excluding hydrogens is 418 g/mol. The van der Waals surface area contributed by atoms with Gasteiger partial charge in [-0.15, -0.1) is 0 Å². The molecule has 3 aromatic carbocycles. The highest BCUT2D eigenvalue weighted by Crippen LogP contribution is 2.43. The van der Waals surface area contributed by atoms with Crippen molar-refractivity contribution in [2.24, 2.45) is 0 Å². The summed E-state index contributed by atoms with van der Waals surface area (Å²) >= 11 is 0. The summed E-state index contributed by atoms with van der Waals surface area (Å²) < 4.78 is 10.4. The van der Waals surface area contributed by atoms with Crippen LogP contribution in [0.25, 0.3) is 22.5 Å². The van der Waals surface area contributed by atoms with Gasteiger partial charge < -0.3 is 14.8 Å². The van der Waals surface area contributed by atoms with E-state index in [2.05, 4.69) is 15.5 Å². The Kier molecular flexibility index (Phi) is 5.14. The molecule has 4 aromatic rings. The molecule has 7 heteroatoms. The summed E-state index contributed by atoms with van der Waals surface area (Å²) in [6.07, 6.45) is 0.186. The number of hydrogen-bond donors (Lipinski definition) is 2. The minimum absolute atomic E-state index is 0.167. The molecule has 0 radical (unpaired) electrons. The predicted octanol–water partition coefficient (Wildman–Crippen LogP) is 4.49. The fourth-order valence-corrected chi connectivity index (χ4v) is 4.07. The van der Waals surface area contributed by atoms with E-state index in [1.165, 1.54) is 0 Å². The number of amides is 1. The van der Waals surface area contributed by atoms with E-state index in [1.807, 2.05) is 60.7 Å². The molecule has 5 rings (SSSR count). The van der Waals surface area contributed by atoms with Crippen molar-refractivity contribution in [2.45, 2.75) is 6.42 Å². The van der Waals surface area contributed by atoms with Crippen molar-refractivity contribution in [1.82, 2.24) is 10.2 Å². The summed E-state index contributed by atoms with van der Waals surface area (Å²) in [5.41, 5.74) is 5.08. The second kappa shape index (κ2) is 8.27. The van der Waals surface area contributed by atoms with E-state index in [4.69, 9.17) is 9.47 Å². The molecule has 2 N–H and O–H groups in total. The highest BCUT2D eigenvalue weighted by molar-refractivity contribution is 6.27. The van der Waals surface area contributed by atoms with Crippen molar-refractivity contribution in [3.8, 4) is 34.0 Å². The number of hydrogen-bond acceptors (Lipinski definition) is 5. The average Bonchev–Trinajstić information content (AvgIpc) is 3.40. The average molecular weight is 439 g/mol. The number of carbonyl (C=O) groups is 2. The molecule has 1 aliphatic rings. The number of H-pyrrole nitrogens is 1. The zero-order valence-electron chi connectivity index (χ0n) is 18.1. The predicted molar refractivity (Wildman–Crippen MR) is 125 cm³/mol. The van der Waals surface area contributed by atoms with Crippen molar-refractivity contribution in [1.29, 1.82) is 0 Å². The van der Waals surface area contributed by atoms with Crippen LogP contribution in [0.5, 0.6) is 11.5 Å². The summed E-state index contributed by atoms with van der Waals surface area (Å²) in [5, 5.41) is 10.3. The first-order valence-corrected chi connectivity index (χ1v) is 10.4. The number of ether oxygens (including phenoxy) is 2. The number of carbonyl (C=O) groups excluding carboxylic acids is 2. The van der Waals surface area contributed by atoms with Gasteiger partial charge in [-0.3, -0.25) is 14.7 Å². The molecule has 0 saturated heterocycles. The van der Waals surface area contributed by atoms with Gasteiger partial charge in [0.05, 0.1) is 43.1 Å². The van der Waals surface area contributed by atoms with Crippen LogP contribution in [0.2, 0.25) is 0 Å². The Bertz CT molecular complexity index is 1360. The van der Waals surface area contributed by atoms with E-state index >= 15 is 0 Å². The van der Waals surface area contributed by atoms with E-state index in [0.29, 0.717) is 28.2 Å². The van der Waals surface area contributed by atoms with Gasteiger partial charge in [0.15, 0.2) is 5.78 Å². The molecule has 0 saturated carbocycles. The number of nitrogens with one attached hydrogen (secondary N) is 2. The number of fused-ring (bicyclic) bond motifs is 3. The van der Waals surface area contributed by atoms with Crippen LogP contribution in [0, 0.1) is 0 Å². The number of nitrogens with zero attached hydrogens (tertiary/aromatic N) is 1. The fraction of sp³-hybridized carbons (Fsp3) is 0.115. The minimum atomic E-state index is -0.203. The number of benzene rings is 3. The molecular formula is C26H21N3O4. The largest absolute Gasteiger partial charge is 0.497 e. The standard InChI is InChI=1S/C26H21N3O4/c1-32-17-10-6-15(7-11-17)14-21(30)27-20-5-3-4-19-22(20)26(31)23-24(28-29-25(19)23)16-8-12-18(33-2)13-9-16/h3-13H,14H2,1-2H3,(H,27,30)(H,28,29). The zero-order valence-corrected chi connectivity index (χ0v) is 18.1. The summed E-state index contributed by atoms with van der Waals surface area (Å²) in [5.74, 6) is 1.08. The van der Waals surface area contributed by atoms with E-state index < -0.39 is 0 Å². The summed E-state index contributed by atoms with van der Waals surface area (Å²) in [6.45, 7) is 0. The lowest BCUT2D eigenvalue weighted by Gasteiger charge is -2.10. The van der Waals surface area contributed by atoms with Gasteiger partial charge in [-0.1, -0.05) is 24.3 Å². The summed E-state index contributed by atoms with van der Waals surface area (Å²) in [4.78, 5) is 26.2. The first-order valence-electron chi connectivity index (χ1n) is 10.4. The van der Waals surface area contributed by atoms with Gasteiger partial charge in [0, 0.05) is 11.1 Å². The van der Waals surface area contributed by atoms with Crippen LogP contribution in [-0.2, 0) is 11.2 Å². The molecule has 0 spiro atoms. The van der Waals surface area contributed by atoms with Gasteiger partial charge >= 0.3 is 0 Å². The van der Waals surface area contributed by atoms with Crippen LogP contribution in [-0.4, -0.2) is 36.1 Å². The Morgan fingerprint density at radius 3 is 2.24 bits per heavy atom. The lowest BCUT2D eigenvalue weighted by atomic mass is 10.0. The number of aromatic amines is 1. The number of ketones is 1. The number of anilines is 1. The molecule has 7 nitrogen and oxygen atoms in total. The molecule has 0 atom stereocenters. The van der Waals surface area contributed by atoms with E-state index in [9.17, 15) is 9.59 Å². The lowest BCUT2D eigenvalue weighted by Crippen LogP contribution is -2.16. The van der Waals surface area contributed by atoms with Crippen molar-refractivity contribution in [3.63, 3.8) is 0 Å². The molecule has 164 valence electrons. The fourth-order valence-electron chi connectivity index (χ4n) is 4.07. The van der Waals surface area contributed by atoms with Crippen molar-refractivity contribution >= 4 is 17.4 Å². The second-order valence-corrected chi connectivity index (χ2v) is 7.68. The van der Waals surface area contributed by atoms with E-state index in [1.54, 1.807) is 20.3 Å². The molecule has 0 fully saturated rings. The van der Waals surface area contributed by atoms with Gasteiger partial charge in [0.2, 0.25) is 5.91 Å². The Balaban J connectivity index is 1.42. The highest BCUT2D eigenvalue weighted by atomic mass is 16.5. The second-order valence-electron chi connectivity index (χ2n) is 7.68. The smallest absolute Gasteiger partial charge is 0.228 e. The third-order valence-corrected chi connectivity index (χ3v) is 5.72. The highest BCUT2D eigenvalue weighted by Gasteiger charge is 2.34. The van der Waals surface area contributed by atoms with Crippen LogP contribution < -0.4 is 14.8 Å². The van der Waals surface area contributed by atoms with Crippen molar-refractivity contribution in [2.75, 3.05) is 19.5 Å². The molecule has 0 bridgehead atoms. The molecule has 0 unspecified atom stereocenters. The van der Waals surface area contributed by atoms with Crippen molar-refractivity contribution in [3.05, 3.63) is 83.4 Å². The van der Waals surface area contributed by atoms with E-state index in [-0.39, 0.29) is 18.1 Å². The lowest BCUT2D eigenvalue weighted by molar-refractivity contribution is -0.115. The molecule has 1 aromatic heterocycles. The first-order chi connectivity index (χ1) is 16.1. The number of aromatic nitrogens is 2. The van der Waals surface area contributed by atoms with Crippen LogP contribution >= 0.6 is 0 Å². The number of rotatable bonds is 6. The third-order valence-electron chi connectivity index (χ3n) is 5.72. The van der Waals surface area contributed by atoms with Crippen LogP contribution in [0.3, 0.4) is 0 Å². The number of methoxy groups -OCH3 is 2. The molecule has 1 aliphatic carbocycles. The van der Waals surface area contributed by atoms with Gasteiger partial charge in [-0.2, -0.15) is 5.10 Å². The van der Waals surface area contributed by atoms with Crippen molar-refractivity contribution < 1.29 is 19.1 Å². The first kappa shape index (κ1) is 20.5. The molecule has 33 heavy (non-hydrogen) atoms. The SMILES string of the molecule is COc1ccc(CC(=O)Nc2cccc3c2C(=O)c2c(-c4ccc(OC)cc4)n[nH]c2-3)cc1. The summed E-state index contributed by atoms with van der Waals surface area (Å²) in [6, 6.07) is 20.1. The van der Waals surface area contributed by atoms with Gasteiger partial charge in [0.1, 0.15) is 17.2 Å². The monoisotopic (exact) mass is 439 g/mol. The maximum atomic E-state index is 13.4. The quantitative estimate of drug-likeness (QED) is 0.407. The maximum absolute atomic E-state index is 13.4. The normalized spacial score (nSPS) is 11.6. The molecule has 1 heterocycles. The van der Waals surface area contributed by atoms with E-state index in [0.717, 1.165) is 28.2 Å². The van der Waals surface area contributed by atoms with Gasteiger partial charge in [0.25, 0.3) is 0 Å².